The van der Waals surface area contributed by atoms with E-state index in [0.29, 0.717) is 0 Å². The van der Waals surface area contributed by atoms with Crippen LogP contribution in [0.15, 0.2) is 217 Å². The van der Waals surface area contributed by atoms with Gasteiger partial charge in [0.05, 0.1) is 0 Å². The second-order valence-corrected chi connectivity index (χ2v) is 14.4. The van der Waals surface area contributed by atoms with Crippen LogP contribution in [-0.2, 0) is 0 Å². The molecule has 10 aromatic carbocycles. The molecular weight excluding hydrogens is 679 g/mol. The summed E-state index contributed by atoms with van der Waals surface area (Å²) in [4.78, 5) is 2.34. The first-order valence-electron chi connectivity index (χ1n) is 19.2. The Morgan fingerprint density at radius 2 is 0.857 bits per heavy atom. The van der Waals surface area contributed by atoms with Crippen LogP contribution in [0.3, 0.4) is 0 Å². The summed E-state index contributed by atoms with van der Waals surface area (Å²) >= 11 is 0. The van der Waals surface area contributed by atoms with Gasteiger partial charge in [-0.2, -0.15) is 0 Å². The molecule has 0 saturated carbocycles. The van der Waals surface area contributed by atoms with Crippen LogP contribution in [0.1, 0.15) is 0 Å². The number of rotatable bonds is 6. The van der Waals surface area contributed by atoms with E-state index >= 15 is 0 Å². The van der Waals surface area contributed by atoms with Crippen LogP contribution < -0.4 is 4.90 Å². The van der Waals surface area contributed by atoms with Crippen molar-refractivity contribution in [2.75, 3.05) is 4.90 Å². The van der Waals surface area contributed by atoms with Crippen molar-refractivity contribution < 1.29 is 4.42 Å². The summed E-state index contributed by atoms with van der Waals surface area (Å²) in [6.07, 6.45) is 0. The van der Waals surface area contributed by atoms with Crippen molar-refractivity contribution in [3.05, 3.63) is 212 Å². The van der Waals surface area contributed by atoms with Crippen molar-refractivity contribution in [1.29, 1.82) is 0 Å². The van der Waals surface area contributed by atoms with Crippen molar-refractivity contribution in [2.45, 2.75) is 0 Å². The third kappa shape index (κ3) is 5.26. The number of para-hydroxylation sites is 3. The van der Waals surface area contributed by atoms with E-state index in [1.165, 1.54) is 54.6 Å². The Morgan fingerprint density at radius 3 is 1.61 bits per heavy atom. The predicted octanol–water partition coefficient (Wildman–Crippen LogP) is 15.5. The third-order valence-electron chi connectivity index (χ3n) is 11.3. The number of nitrogens with zero attached hydrogens (tertiary/aromatic N) is 1. The van der Waals surface area contributed by atoms with E-state index in [9.17, 15) is 0 Å². The fourth-order valence-corrected chi connectivity index (χ4v) is 8.64. The summed E-state index contributed by atoms with van der Waals surface area (Å²) in [6.45, 7) is 0. The quantitative estimate of drug-likeness (QED) is 0.160. The highest BCUT2D eigenvalue weighted by Crippen LogP contribution is 2.45. The average Bonchev–Trinajstić information content (AvgIpc) is 3.66. The minimum atomic E-state index is 0.903. The monoisotopic (exact) mass is 713 g/mol. The molecule has 0 atom stereocenters. The Balaban J connectivity index is 1.02. The van der Waals surface area contributed by atoms with Crippen LogP contribution in [0.25, 0.3) is 87.6 Å². The molecule has 1 heterocycles. The Kier molecular flexibility index (Phi) is 7.53. The van der Waals surface area contributed by atoms with Crippen LogP contribution in [0.2, 0.25) is 0 Å². The molecule has 0 aliphatic rings. The van der Waals surface area contributed by atoms with Crippen LogP contribution in [0.4, 0.5) is 17.1 Å². The van der Waals surface area contributed by atoms with Gasteiger partial charge in [0.2, 0.25) is 0 Å². The van der Waals surface area contributed by atoms with Gasteiger partial charge in [0.25, 0.3) is 0 Å². The molecule has 0 fully saturated rings. The van der Waals surface area contributed by atoms with Crippen molar-refractivity contribution in [1.82, 2.24) is 0 Å². The molecular formula is C54H35NO. The van der Waals surface area contributed by atoms with E-state index in [1.54, 1.807) is 0 Å². The normalized spacial score (nSPS) is 11.6. The zero-order chi connectivity index (χ0) is 37.0. The first-order chi connectivity index (χ1) is 27.8. The lowest BCUT2D eigenvalue weighted by atomic mass is 9.89. The minimum absolute atomic E-state index is 0.903. The summed E-state index contributed by atoms with van der Waals surface area (Å²) in [5.41, 5.74) is 12.1. The van der Waals surface area contributed by atoms with E-state index in [-0.39, 0.29) is 0 Å². The second kappa shape index (κ2) is 13.2. The van der Waals surface area contributed by atoms with E-state index in [0.717, 1.165) is 50.1 Å². The van der Waals surface area contributed by atoms with Crippen molar-refractivity contribution in [3.8, 4) is 33.4 Å². The van der Waals surface area contributed by atoms with Gasteiger partial charge in [-0.1, -0.05) is 164 Å². The van der Waals surface area contributed by atoms with E-state index in [4.69, 9.17) is 4.42 Å². The summed E-state index contributed by atoms with van der Waals surface area (Å²) < 4.78 is 6.60. The number of furan rings is 1. The van der Waals surface area contributed by atoms with Gasteiger partial charge in [-0.3, -0.25) is 0 Å². The SMILES string of the molecule is c1ccc(N(c2ccc(-c3ccc4ccccc4c3-c3cccc4c3oc3ccccc34)cc2)c2ccc(-c3cc4ccccc4c4ccccc34)cc2)cc1. The maximum atomic E-state index is 6.60. The molecule has 0 N–H and O–H groups in total. The van der Waals surface area contributed by atoms with E-state index in [2.05, 4.69) is 211 Å². The lowest BCUT2D eigenvalue weighted by Gasteiger charge is -2.26. The second-order valence-electron chi connectivity index (χ2n) is 14.4. The highest BCUT2D eigenvalue weighted by Gasteiger charge is 2.19. The van der Waals surface area contributed by atoms with Gasteiger partial charge in [0, 0.05) is 39.0 Å². The molecule has 2 nitrogen and oxygen atoms in total. The number of hydrogen-bond acceptors (Lipinski definition) is 2. The maximum Gasteiger partial charge on any atom is 0.143 e. The summed E-state index contributed by atoms with van der Waals surface area (Å²) in [5.74, 6) is 0. The fraction of sp³-hybridized carbons (Fsp3) is 0. The number of fused-ring (bicyclic) bond motifs is 7. The summed E-state index contributed by atoms with van der Waals surface area (Å²) in [7, 11) is 0. The van der Waals surface area contributed by atoms with Gasteiger partial charge in [-0.15, -0.1) is 0 Å². The van der Waals surface area contributed by atoms with Gasteiger partial charge in [-0.25, -0.2) is 0 Å². The molecule has 11 rings (SSSR count). The van der Waals surface area contributed by atoms with Gasteiger partial charge >= 0.3 is 0 Å². The van der Waals surface area contributed by atoms with E-state index < -0.39 is 0 Å². The van der Waals surface area contributed by atoms with Gasteiger partial charge in [0.15, 0.2) is 0 Å². The smallest absolute Gasteiger partial charge is 0.143 e. The first kappa shape index (κ1) is 32.0. The molecule has 0 unspecified atom stereocenters. The molecule has 11 aromatic rings. The summed E-state index contributed by atoms with van der Waals surface area (Å²) in [5, 5.41) is 9.74. The molecule has 0 amide bonds. The standard InChI is InChI=1S/C54H35NO/c1-2-15-40(16-3-1)55(42-32-27-38(28-33-42)51-35-39-14-5-6-17-43(39)46-19-8-9-20-47(46)51)41-30-25-37(26-31-41)45-34-29-36-13-4-7-18-44(36)53(45)50-23-12-22-49-48-21-10-11-24-52(48)56-54(49)50/h1-35H. The topological polar surface area (TPSA) is 16.4 Å². The van der Waals surface area contributed by atoms with Crippen LogP contribution in [0, 0.1) is 0 Å². The molecule has 0 saturated heterocycles. The Bertz CT molecular complexity index is 3230. The predicted molar refractivity (Wildman–Crippen MR) is 237 cm³/mol. The third-order valence-corrected chi connectivity index (χ3v) is 11.3. The number of hydrogen-bond donors (Lipinski definition) is 0. The lowest BCUT2D eigenvalue weighted by Crippen LogP contribution is -2.09. The van der Waals surface area contributed by atoms with Crippen LogP contribution >= 0.6 is 0 Å². The number of anilines is 3. The zero-order valence-electron chi connectivity index (χ0n) is 30.6. The molecule has 0 aliphatic heterocycles. The number of benzene rings is 10. The molecule has 0 spiro atoms. The minimum Gasteiger partial charge on any atom is -0.455 e. The average molecular weight is 714 g/mol. The molecule has 0 aliphatic carbocycles. The maximum absolute atomic E-state index is 6.60. The molecule has 0 radical (unpaired) electrons. The largest absolute Gasteiger partial charge is 0.455 e. The van der Waals surface area contributed by atoms with Gasteiger partial charge in [0.1, 0.15) is 11.2 Å². The zero-order valence-corrected chi connectivity index (χ0v) is 30.6. The van der Waals surface area contributed by atoms with Crippen LogP contribution in [0.5, 0.6) is 0 Å². The lowest BCUT2D eigenvalue weighted by molar-refractivity contribution is 0.670. The first-order valence-corrected chi connectivity index (χ1v) is 19.2. The summed E-state index contributed by atoms with van der Waals surface area (Å²) in [6, 6.07) is 76.4. The Labute approximate surface area is 325 Å². The van der Waals surface area contributed by atoms with Crippen molar-refractivity contribution >= 4 is 71.3 Å². The molecule has 0 bridgehead atoms. The fourth-order valence-electron chi connectivity index (χ4n) is 8.64. The highest BCUT2D eigenvalue weighted by molar-refractivity contribution is 6.15. The molecule has 262 valence electrons. The molecule has 2 heteroatoms. The van der Waals surface area contributed by atoms with Crippen molar-refractivity contribution in [2.24, 2.45) is 0 Å². The van der Waals surface area contributed by atoms with Gasteiger partial charge < -0.3 is 9.32 Å². The van der Waals surface area contributed by atoms with Crippen LogP contribution in [-0.4, -0.2) is 0 Å². The Hall–Kier alpha value is -7.42. The molecule has 56 heavy (non-hydrogen) atoms. The van der Waals surface area contributed by atoms with E-state index in [1.807, 2.05) is 6.07 Å². The van der Waals surface area contributed by atoms with Gasteiger partial charge in [-0.05, 0) is 103 Å². The highest BCUT2D eigenvalue weighted by atomic mass is 16.3. The van der Waals surface area contributed by atoms with Crippen molar-refractivity contribution in [3.63, 3.8) is 0 Å². The Morgan fingerprint density at radius 1 is 0.304 bits per heavy atom. The molecule has 1 aromatic heterocycles.